The zero-order chi connectivity index (χ0) is 68.7. The summed E-state index contributed by atoms with van der Waals surface area (Å²) in [6, 6.07) is 54.4. The van der Waals surface area contributed by atoms with Gasteiger partial charge in [0, 0.05) is 103 Å². The fourth-order valence-electron chi connectivity index (χ4n) is 23.8. The van der Waals surface area contributed by atoms with Crippen LogP contribution in [0.5, 0.6) is 0 Å². The Bertz CT molecular complexity index is 4640. The first-order valence-corrected chi connectivity index (χ1v) is 38.6. The van der Waals surface area contributed by atoms with Crippen LogP contribution in [0.3, 0.4) is 0 Å². The molecule has 3 spiro atoms. The Balaban J connectivity index is 0.000000103. The van der Waals surface area contributed by atoms with Crippen LogP contribution in [0, 0.1) is 62.2 Å². The van der Waals surface area contributed by atoms with E-state index in [0.717, 1.165) is 46.0 Å². The van der Waals surface area contributed by atoms with Crippen LogP contribution in [-0.4, -0.2) is 45.2 Å². The molecule has 4 aromatic heterocycles. The molecular weight excluding hydrogens is 1210 g/mol. The van der Waals surface area contributed by atoms with Gasteiger partial charge < -0.3 is 28.4 Å². The highest BCUT2D eigenvalue weighted by Gasteiger charge is 2.65. The smallest absolute Gasteiger partial charge is 0.158 e. The van der Waals surface area contributed by atoms with Crippen molar-refractivity contribution in [3.63, 3.8) is 0 Å². The van der Waals surface area contributed by atoms with E-state index in [-0.39, 0.29) is 16.5 Å². The molecule has 4 aliphatic heterocycles. The Morgan fingerprint density at radius 3 is 1.34 bits per heavy atom. The maximum absolute atomic E-state index is 6.45. The number of fused-ring (bicyclic) bond motifs is 9. The lowest BCUT2D eigenvalue weighted by Gasteiger charge is -2.62. The Kier molecular flexibility index (Phi) is 16.4. The number of furan rings is 2. The van der Waals surface area contributed by atoms with E-state index < -0.39 is 0 Å². The molecule has 10 aliphatic rings. The van der Waals surface area contributed by atoms with E-state index in [0.29, 0.717) is 40.4 Å². The molecule has 4 bridgehead atoms. The van der Waals surface area contributed by atoms with Gasteiger partial charge in [0.1, 0.15) is 22.8 Å². The highest BCUT2D eigenvalue weighted by molar-refractivity contribution is 6.11. The third-order valence-corrected chi connectivity index (χ3v) is 27.8. The van der Waals surface area contributed by atoms with Crippen LogP contribution in [0.25, 0.3) is 43.9 Å². The zero-order valence-electron chi connectivity index (χ0n) is 62.2. The summed E-state index contributed by atoms with van der Waals surface area (Å²) in [7, 11) is 0. The maximum atomic E-state index is 6.45. The molecule has 4 unspecified atom stereocenters. The minimum atomic E-state index is 0.112. The fourth-order valence-corrected chi connectivity index (χ4v) is 23.8. The second-order valence-electron chi connectivity index (χ2n) is 34.8. The summed E-state index contributed by atoms with van der Waals surface area (Å²) in [6.07, 6.45) is 27.3. The monoisotopic (exact) mass is 1320 g/mol. The molecule has 99 heavy (non-hydrogen) atoms. The van der Waals surface area contributed by atoms with E-state index >= 15 is 0 Å². The number of hydrogen-bond acceptors (Lipinski definition) is 8. The highest BCUT2D eigenvalue weighted by Crippen LogP contribution is 2.69. The number of para-hydroxylation sites is 4. The number of aromatic nitrogens is 2. The molecule has 516 valence electrons. The molecule has 8 nitrogen and oxygen atoms in total. The van der Waals surface area contributed by atoms with Crippen molar-refractivity contribution in [2.45, 2.75) is 252 Å². The van der Waals surface area contributed by atoms with Gasteiger partial charge in [0.05, 0.1) is 11.4 Å². The molecule has 6 aliphatic carbocycles. The first-order chi connectivity index (χ1) is 47.6. The Labute approximate surface area is 591 Å². The molecule has 20 rings (SSSR count). The molecular formula is C91H110N6O2. The van der Waals surface area contributed by atoms with Gasteiger partial charge in [-0.3, -0.25) is 0 Å². The van der Waals surface area contributed by atoms with E-state index in [1.165, 1.54) is 193 Å². The van der Waals surface area contributed by atoms with E-state index in [2.05, 4.69) is 256 Å². The van der Waals surface area contributed by atoms with Crippen molar-refractivity contribution in [1.29, 1.82) is 0 Å². The Morgan fingerprint density at radius 1 is 0.394 bits per heavy atom. The molecule has 0 radical (unpaired) electrons. The minimum absolute atomic E-state index is 0.112. The number of rotatable bonds is 4. The van der Waals surface area contributed by atoms with Crippen molar-refractivity contribution in [1.82, 2.24) is 9.97 Å². The largest absolute Gasteiger partial charge is 0.454 e. The number of nitrogens with zero attached hydrogens (tertiary/aromatic N) is 6. The van der Waals surface area contributed by atoms with E-state index in [9.17, 15) is 0 Å². The first kappa shape index (κ1) is 66.0. The van der Waals surface area contributed by atoms with Crippen LogP contribution >= 0.6 is 0 Å². The van der Waals surface area contributed by atoms with Gasteiger partial charge in [-0.15, -0.1) is 0 Å². The van der Waals surface area contributed by atoms with Crippen LogP contribution in [0.15, 0.2) is 167 Å². The summed E-state index contributed by atoms with van der Waals surface area (Å²) >= 11 is 0. The summed E-state index contributed by atoms with van der Waals surface area (Å²) in [6.45, 7) is 33.0. The maximum Gasteiger partial charge on any atom is 0.158 e. The molecule has 8 heterocycles. The predicted molar refractivity (Wildman–Crippen MR) is 415 cm³/mol. The normalized spacial score (nSPS) is 27.6. The first-order valence-electron chi connectivity index (χ1n) is 38.6. The lowest BCUT2D eigenvalue weighted by molar-refractivity contribution is -0.0654. The molecule has 6 aromatic carbocycles. The Morgan fingerprint density at radius 2 is 0.838 bits per heavy atom. The van der Waals surface area contributed by atoms with Crippen molar-refractivity contribution >= 4 is 78.3 Å². The molecule has 0 amide bonds. The average Bonchev–Trinajstić information content (AvgIpc) is 1.66. The number of benzene rings is 6. The summed E-state index contributed by atoms with van der Waals surface area (Å²) in [4.78, 5) is 20.1. The molecule has 6 saturated carbocycles. The molecule has 4 atom stereocenters. The molecule has 2 saturated heterocycles. The SMILES string of the molecule is Cc1ccc2c(oc3ccccc32)c1N1C(C)C(C)(C)CC1(C)C.Cc1ccc2c(oc3ccccc32)c1N1C(C)C2(CCCCC2)CC1(C)C.Cc1ccccc1N1c2ncccc2C2(C3CC4CC(C3)CC2C4)C1C.Cc1ccccc1N1c2ncccc2C2(CCCCC2)C1C. The highest BCUT2D eigenvalue weighted by atomic mass is 16.3. The van der Waals surface area contributed by atoms with Crippen LogP contribution in [0.1, 0.15) is 212 Å². The summed E-state index contributed by atoms with van der Waals surface area (Å²) in [5.74, 6) is 6.13. The number of pyridine rings is 2. The lowest BCUT2D eigenvalue weighted by Crippen LogP contribution is -2.60. The molecule has 10 aromatic rings. The fraction of sp³-hybridized carbons (Fsp3) is 0.495. The van der Waals surface area contributed by atoms with Crippen molar-refractivity contribution in [2.24, 2.45) is 34.5 Å². The number of aryl methyl sites for hydroxylation is 4. The van der Waals surface area contributed by atoms with E-state index in [4.69, 9.17) is 18.8 Å². The second kappa shape index (κ2) is 24.6. The van der Waals surface area contributed by atoms with E-state index in [1.807, 2.05) is 18.5 Å². The topological polar surface area (TPSA) is 65.0 Å². The number of anilines is 6. The van der Waals surface area contributed by atoms with Crippen LogP contribution in [0.4, 0.5) is 34.4 Å². The van der Waals surface area contributed by atoms with Crippen LogP contribution < -0.4 is 19.6 Å². The van der Waals surface area contributed by atoms with Gasteiger partial charge in [0.2, 0.25) is 0 Å². The van der Waals surface area contributed by atoms with Gasteiger partial charge in [-0.1, -0.05) is 162 Å². The average molecular weight is 1320 g/mol. The standard InChI is InChI=1S/C25H31NO.C24H28N2.C22H27NO.C20H24N2/c1-17-12-13-20-19-10-6-7-11-21(19)27-23(20)22(17)26-18(2)25(16-24(26,3)4)14-8-5-9-15-25;1-15-6-3-4-8-22(15)26-16(2)24(21-7-5-9-25-23(21)26)19-11-17-10-18(13-19)14-20(24)12-17;1-14-11-12-17-16-9-7-8-10-18(16)24-20(17)19(14)23-15(2)21(3,4)13-22(23,5)6;1-15-9-4-5-11-18(15)22-16(2)20(12-6-3-7-13-20)17-10-8-14-21-19(17)22/h6-7,10-13,18H,5,8-9,14-16H2,1-4H3;3-9,16-20H,10-14H2,1-2H3;7-12,15H,13H2,1-6H3;4-5,8-11,14,16H,3,6-7,12-13H2,1-2H3. The molecule has 8 fully saturated rings. The van der Waals surface area contributed by atoms with E-state index in [1.54, 1.807) is 5.56 Å². The van der Waals surface area contributed by atoms with Crippen molar-refractivity contribution < 1.29 is 8.83 Å². The molecule has 0 N–H and O–H groups in total. The number of hydrogen-bond donors (Lipinski definition) is 0. The lowest BCUT2D eigenvalue weighted by atomic mass is 9.43. The van der Waals surface area contributed by atoms with Gasteiger partial charge in [-0.25, -0.2) is 9.97 Å². The third-order valence-electron chi connectivity index (χ3n) is 27.8. The molecule has 8 heteroatoms. The predicted octanol–water partition coefficient (Wildman–Crippen LogP) is 24.3. The summed E-state index contributed by atoms with van der Waals surface area (Å²) in [5, 5.41) is 4.90. The van der Waals surface area contributed by atoms with Crippen molar-refractivity contribution in [2.75, 3.05) is 19.6 Å². The summed E-state index contributed by atoms with van der Waals surface area (Å²) in [5.41, 5.74) is 19.3. The third kappa shape index (κ3) is 10.4. The van der Waals surface area contributed by atoms with Gasteiger partial charge in [-0.2, -0.15) is 0 Å². The van der Waals surface area contributed by atoms with Gasteiger partial charge in [0.25, 0.3) is 0 Å². The second-order valence-corrected chi connectivity index (χ2v) is 34.8. The van der Waals surface area contributed by atoms with Crippen molar-refractivity contribution in [3.8, 4) is 0 Å². The zero-order valence-corrected chi connectivity index (χ0v) is 62.2. The van der Waals surface area contributed by atoms with Crippen LogP contribution in [-0.2, 0) is 10.8 Å². The minimum Gasteiger partial charge on any atom is -0.454 e. The van der Waals surface area contributed by atoms with Gasteiger partial charge >= 0.3 is 0 Å². The summed E-state index contributed by atoms with van der Waals surface area (Å²) < 4.78 is 12.8. The van der Waals surface area contributed by atoms with Gasteiger partial charge in [-0.05, 0) is 247 Å². The Hall–Kier alpha value is -7.58. The van der Waals surface area contributed by atoms with Gasteiger partial charge in [0.15, 0.2) is 11.2 Å². The van der Waals surface area contributed by atoms with Crippen LogP contribution in [0.2, 0.25) is 0 Å². The van der Waals surface area contributed by atoms with Crippen molar-refractivity contribution in [3.05, 3.63) is 191 Å². The quantitative estimate of drug-likeness (QED) is 0.173.